The molecule has 2 N–H and O–H groups in total. The van der Waals surface area contributed by atoms with Crippen molar-refractivity contribution >= 4 is 23.5 Å². The molecular weight excluding hydrogens is 330 g/mol. The number of pyridine rings is 1. The number of halogens is 1. The molecule has 0 fully saturated rings. The van der Waals surface area contributed by atoms with Crippen molar-refractivity contribution in [3.8, 4) is 6.07 Å². The van der Waals surface area contributed by atoms with E-state index in [4.69, 9.17) is 22.0 Å². The zero-order valence-electron chi connectivity index (χ0n) is 12.8. The van der Waals surface area contributed by atoms with Crippen molar-refractivity contribution in [1.82, 2.24) is 10.3 Å². The normalized spacial score (nSPS) is 11.4. The number of carboxylic acid groups (broad SMARTS) is 1. The molecule has 1 unspecified atom stereocenters. The van der Waals surface area contributed by atoms with Crippen LogP contribution in [-0.4, -0.2) is 22.0 Å². The number of nitriles is 1. The summed E-state index contributed by atoms with van der Waals surface area (Å²) in [6, 6.07) is 10.8. The third-order valence-corrected chi connectivity index (χ3v) is 3.75. The van der Waals surface area contributed by atoms with Gasteiger partial charge in [0.25, 0.3) is 5.91 Å². The summed E-state index contributed by atoms with van der Waals surface area (Å²) in [7, 11) is 0. The number of aliphatic carboxylic acids is 1. The number of carboxylic acids is 1. The number of amides is 1. The van der Waals surface area contributed by atoms with Crippen LogP contribution in [0.4, 0.5) is 0 Å². The van der Waals surface area contributed by atoms with Crippen LogP contribution in [0.25, 0.3) is 0 Å². The molecule has 0 aliphatic rings. The second kappa shape index (κ2) is 7.57. The monoisotopic (exact) mass is 343 g/mol. The highest BCUT2D eigenvalue weighted by Crippen LogP contribution is 2.25. The van der Waals surface area contributed by atoms with Crippen LogP contribution in [0.1, 0.15) is 39.8 Å². The van der Waals surface area contributed by atoms with Gasteiger partial charge in [0.2, 0.25) is 0 Å². The van der Waals surface area contributed by atoms with Gasteiger partial charge >= 0.3 is 5.97 Å². The molecule has 122 valence electrons. The molecule has 1 heterocycles. The summed E-state index contributed by atoms with van der Waals surface area (Å²) in [6.45, 7) is 1.62. The fourth-order valence-electron chi connectivity index (χ4n) is 2.21. The van der Waals surface area contributed by atoms with Gasteiger partial charge in [0.1, 0.15) is 11.8 Å². The van der Waals surface area contributed by atoms with Crippen molar-refractivity contribution in [2.75, 3.05) is 0 Å². The molecule has 24 heavy (non-hydrogen) atoms. The molecule has 0 radical (unpaired) electrons. The Morgan fingerprint density at radius 2 is 2.04 bits per heavy atom. The SMILES string of the molecule is Cc1nc(C(=O)NC(CC(=O)O)c2ccccc2Cl)ccc1C#N. The summed E-state index contributed by atoms with van der Waals surface area (Å²) in [4.78, 5) is 27.6. The van der Waals surface area contributed by atoms with Crippen LogP contribution < -0.4 is 5.32 Å². The Morgan fingerprint density at radius 3 is 2.62 bits per heavy atom. The summed E-state index contributed by atoms with van der Waals surface area (Å²) in [5, 5.41) is 21.0. The molecule has 1 amide bonds. The smallest absolute Gasteiger partial charge is 0.305 e. The summed E-state index contributed by atoms with van der Waals surface area (Å²) in [6.07, 6.45) is -0.315. The lowest BCUT2D eigenvalue weighted by Crippen LogP contribution is -2.31. The summed E-state index contributed by atoms with van der Waals surface area (Å²) < 4.78 is 0. The van der Waals surface area contributed by atoms with Gasteiger partial charge in [-0.2, -0.15) is 5.26 Å². The molecule has 1 atom stereocenters. The van der Waals surface area contributed by atoms with E-state index in [0.29, 0.717) is 21.8 Å². The lowest BCUT2D eigenvalue weighted by molar-refractivity contribution is -0.137. The first-order chi connectivity index (χ1) is 11.4. The first kappa shape index (κ1) is 17.4. The van der Waals surface area contributed by atoms with Crippen LogP contribution in [0.2, 0.25) is 5.02 Å². The summed E-state index contributed by atoms with van der Waals surface area (Å²) >= 11 is 6.10. The minimum atomic E-state index is -1.07. The number of carbonyl (C=O) groups excluding carboxylic acids is 1. The second-order valence-electron chi connectivity index (χ2n) is 5.09. The van der Waals surface area contributed by atoms with Crippen LogP contribution >= 0.6 is 11.6 Å². The van der Waals surface area contributed by atoms with E-state index in [1.807, 2.05) is 6.07 Å². The topological polar surface area (TPSA) is 103 Å². The number of benzene rings is 1. The molecule has 0 spiro atoms. The average molecular weight is 344 g/mol. The molecule has 0 aliphatic carbocycles. The second-order valence-corrected chi connectivity index (χ2v) is 5.49. The van der Waals surface area contributed by atoms with Crippen LogP contribution in [-0.2, 0) is 4.79 Å². The van der Waals surface area contributed by atoms with E-state index in [0.717, 1.165) is 0 Å². The fraction of sp³-hybridized carbons (Fsp3) is 0.176. The highest BCUT2D eigenvalue weighted by molar-refractivity contribution is 6.31. The number of hydrogen-bond acceptors (Lipinski definition) is 4. The van der Waals surface area contributed by atoms with Crippen molar-refractivity contribution in [2.24, 2.45) is 0 Å². The highest BCUT2D eigenvalue weighted by atomic mass is 35.5. The molecule has 0 aliphatic heterocycles. The van der Waals surface area contributed by atoms with Crippen LogP contribution in [0.5, 0.6) is 0 Å². The van der Waals surface area contributed by atoms with Gasteiger partial charge in [-0.25, -0.2) is 4.98 Å². The maximum atomic E-state index is 12.4. The lowest BCUT2D eigenvalue weighted by Gasteiger charge is -2.18. The summed E-state index contributed by atoms with van der Waals surface area (Å²) in [5.74, 6) is -1.60. The molecular formula is C17H14ClN3O3. The number of nitrogens with one attached hydrogen (secondary N) is 1. The van der Waals surface area contributed by atoms with Crippen molar-refractivity contribution in [2.45, 2.75) is 19.4 Å². The average Bonchev–Trinajstić information content (AvgIpc) is 2.54. The van der Waals surface area contributed by atoms with E-state index in [1.54, 1.807) is 31.2 Å². The van der Waals surface area contributed by atoms with Crippen molar-refractivity contribution in [3.63, 3.8) is 0 Å². The number of carbonyl (C=O) groups is 2. The zero-order valence-corrected chi connectivity index (χ0v) is 13.5. The highest BCUT2D eigenvalue weighted by Gasteiger charge is 2.21. The molecule has 0 saturated heterocycles. The molecule has 1 aromatic carbocycles. The van der Waals surface area contributed by atoms with E-state index in [1.165, 1.54) is 12.1 Å². The maximum Gasteiger partial charge on any atom is 0.305 e. The molecule has 0 bridgehead atoms. The molecule has 7 heteroatoms. The third kappa shape index (κ3) is 4.09. The first-order valence-corrected chi connectivity index (χ1v) is 7.45. The Kier molecular flexibility index (Phi) is 5.51. The molecule has 6 nitrogen and oxygen atoms in total. The summed E-state index contributed by atoms with van der Waals surface area (Å²) in [5.41, 5.74) is 1.42. The van der Waals surface area contributed by atoms with Gasteiger partial charge in [-0.1, -0.05) is 29.8 Å². The fourth-order valence-corrected chi connectivity index (χ4v) is 2.48. The van der Waals surface area contributed by atoms with Gasteiger partial charge in [-0.3, -0.25) is 9.59 Å². The standard InChI is InChI=1S/C17H14ClN3O3/c1-10-11(9-19)6-7-14(20-10)17(24)21-15(8-16(22)23)12-4-2-3-5-13(12)18/h2-7,15H,8H2,1H3,(H,21,24)(H,22,23). The van der Waals surface area contributed by atoms with E-state index >= 15 is 0 Å². The largest absolute Gasteiger partial charge is 0.481 e. The van der Waals surface area contributed by atoms with E-state index < -0.39 is 17.9 Å². The van der Waals surface area contributed by atoms with Crippen LogP contribution in [0.15, 0.2) is 36.4 Å². The number of hydrogen-bond donors (Lipinski definition) is 2. The Labute approximate surface area is 143 Å². The Bertz CT molecular complexity index is 830. The number of nitrogens with zero attached hydrogens (tertiary/aromatic N) is 2. The van der Waals surface area contributed by atoms with Gasteiger partial charge < -0.3 is 10.4 Å². The molecule has 2 aromatic rings. The first-order valence-electron chi connectivity index (χ1n) is 7.07. The predicted octanol–water partition coefficient (Wildman–Crippen LogP) is 2.86. The third-order valence-electron chi connectivity index (χ3n) is 3.40. The van der Waals surface area contributed by atoms with E-state index in [2.05, 4.69) is 10.3 Å². The Hall–Kier alpha value is -2.91. The predicted molar refractivity (Wildman–Crippen MR) is 87.6 cm³/mol. The molecule has 0 saturated carbocycles. The van der Waals surface area contributed by atoms with Crippen molar-refractivity contribution < 1.29 is 14.7 Å². The molecule has 2 rings (SSSR count). The van der Waals surface area contributed by atoms with Gasteiger partial charge in [-0.05, 0) is 30.7 Å². The van der Waals surface area contributed by atoms with Gasteiger partial charge in [0.15, 0.2) is 0 Å². The molecule has 1 aromatic heterocycles. The van der Waals surface area contributed by atoms with Gasteiger partial charge in [0.05, 0.1) is 23.7 Å². The van der Waals surface area contributed by atoms with E-state index in [-0.39, 0.29) is 12.1 Å². The Balaban J connectivity index is 2.28. The Morgan fingerprint density at radius 1 is 1.33 bits per heavy atom. The van der Waals surface area contributed by atoms with E-state index in [9.17, 15) is 9.59 Å². The van der Waals surface area contributed by atoms with Gasteiger partial charge in [-0.15, -0.1) is 0 Å². The van der Waals surface area contributed by atoms with Crippen molar-refractivity contribution in [3.05, 3.63) is 63.9 Å². The lowest BCUT2D eigenvalue weighted by atomic mass is 10.0. The minimum Gasteiger partial charge on any atom is -0.481 e. The maximum absolute atomic E-state index is 12.4. The quantitative estimate of drug-likeness (QED) is 0.868. The van der Waals surface area contributed by atoms with Crippen molar-refractivity contribution in [1.29, 1.82) is 5.26 Å². The zero-order chi connectivity index (χ0) is 17.7. The van der Waals surface area contributed by atoms with Gasteiger partial charge in [0, 0.05) is 5.02 Å². The number of rotatable bonds is 5. The van der Waals surface area contributed by atoms with Crippen LogP contribution in [0.3, 0.4) is 0 Å². The number of aryl methyl sites for hydroxylation is 1. The van der Waals surface area contributed by atoms with Crippen LogP contribution in [0, 0.1) is 18.3 Å². The number of aromatic nitrogens is 1. The minimum absolute atomic E-state index is 0.106.